The first kappa shape index (κ1) is 14.8. The third kappa shape index (κ3) is 2.92. The molecule has 1 aliphatic rings. The molecule has 0 aliphatic carbocycles. The van der Waals surface area contributed by atoms with Gasteiger partial charge in [0.05, 0.1) is 24.3 Å². The number of cyclic esters (lactones) is 1. The number of nitrogens with zero attached hydrogens (tertiary/aromatic N) is 6. The lowest BCUT2D eigenvalue weighted by atomic mass is 10.1. The van der Waals surface area contributed by atoms with Crippen LogP contribution in [0.25, 0.3) is 21.8 Å². The van der Waals surface area contributed by atoms with E-state index in [2.05, 4.69) is 20.2 Å². The number of aryl methyl sites for hydroxylation is 1. The molecule has 0 unspecified atom stereocenters. The molecule has 1 aliphatic heterocycles. The maximum atomic E-state index is 14.3. The van der Waals surface area contributed by atoms with E-state index in [-0.39, 0.29) is 24.5 Å². The van der Waals surface area contributed by atoms with Crippen molar-refractivity contribution < 1.29 is 18.4 Å². The van der Waals surface area contributed by atoms with Gasteiger partial charge in [0.1, 0.15) is 11.9 Å². The van der Waals surface area contributed by atoms with Gasteiger partial charge < -0.3 is 9.26 Å². The van der Waals surface area contributed by atoms with Crippen LogP contribution >= 0.6 is 0 Å². The molecule has 1 atom stereocenters. The topological polar surface area (TPSA) is 117 Å². The largest absolute Gasteiger partial charge is 0.444 e. The van der Waals surface area contributed by atoms with Crippen molar-refractivity contribution in [3.63, 3.8) is 0 Å². The first-order valence-corrected chi connectivity index (χ1v) is 6.67. The van der Waals surface area contributed by atoms with Gasteiger partial charge in [-0.3, -0.25) is 4.90 Å². The molecule has 23 heavy (non-hydrogen) atoms. The molecule has 0 radical (unpaired) electrons. The van der Waals surface area contributed by atoms with Crippen LogP contribution in [0.4, 0.5) is 14.9 Å². The van der Waals surface area contributed by atoms with Crippen molar-refractivity contribution in [3.8, 4) is 11.4 Å². The Morgan fingerprint density at radius 3 is 3.04 bits per heavy atom. The van der Waals surface area contributed by atoms with Crippen LogP contribution in [0, 0.1) is 12.7 Å². The summed E-state index contributed by atoms with van der Waals surface area (Å²) in [5.74, 6) is -0.126. The van der Waals surface area contributed by atoms with Crippen molar-refractivity contribution in [1.29, 1.82) is 0 Å². The molecule has 0 saturated carbocycles. The zero-order valence-electron chi connectivity index (χ0n) is 12.0. The quantitative estimate of drug-likeness (QED) is 0.488. The fourth-order valence-corrected chi connectivity index (χ4v) is 2.22. The number of hydrogen-bond acceptors (Lipinski definition) is 6. The predicted molar refractivity (Wildman–Crippen MR) is 76.1 cm³/mol. The summed E-state index contributed by atoms with van der Waals surface area (Å²) in [6, 6.07) is 4.21. The van der Waals surface area contributed by atoms with Crippen LogP contribution in [0.5, 0.6) is 0 Å². The summed E-state index contributed by atoms with van der Waals surface area (Å²) in [6.45, 7) is 1.81. The first-order chi connectivity index (χ1) is 11.1. The summed E-state index contributed by atoms with van der Waals surface area (Å²) in [6.07, 6.45) is -1.17. The zero-order valence-corrected chi connectivity index (χ0v) is 12.0. The second-order valence-electron chi connectivity index (χ2n) is 4.83. The number of amides is 1. The third-order valence-corrected chi connectivity index (χ3v) is 3.26. The Labute approximate surface area is 129 Å². The fraction of sp³-hybridized carbons (Fsp3) is 0.308. The maximum Gasteiger partial charge on any atom is 0.414 e. The van der Waals surface area contributed by atoms with E-state index < -0.39 is 18.0 Å². The highest BCUT2D eigenvalue weighted by Gasteiger charge is 2.32. The normalized spacial score (nSPS) is 17.0. The first-order valence-electron chi connectivity index (χ1n) is 6.67. The van der Waals surface area contributed by atoms with Gasteiger partial charge in [-0.2, -0.15) is 4.98 Å². The minimum absolute atomic E-state index is 0.0292. The van der Waals surface area contributed by atoms with E-state index in [4.69, 9.17) is 14.8 Å². The molecule has 2 aromatic rings. The van der Waals surface area contributed by atoms with Crippen LogP contribution < -0.4 is 4.90 Å². The molecule has 1 amide bonds. The van der Waals surface area contributed by atoms with E-state index in [0.717, 1.165) is 0 Å². The molecule has 9 nitrogen and oxygen atoms in total. The number of halogens is 1. The summed E-state index contributed by atoms with van der Waals surface area (Å²) in [4.78, 5) is 19.7. The van der Waals surface area contributed by atoms with Crippen molar-refractivity contribution in [1.82, 2.24) is 10.1 Å². The smallest absolute Gasteiger partial charge is 0.414 e. The summed E-state index contributed by atoms with van der Waals surface area (Å²) < 4.78 is 24.1. The number of hydrogen-bond donors (Lipinski definition) is 0. The standard InChI is InChI=1S/C13H11FN6O3/c1-7-17-12(18-23-7)10-3-2-8(4-11(10)14)20-6-9(5-16-19-15)22-13(20)21/h2-4,9H,5-6H2,1H3/t9-/m0/s1. The Kier molecular flexibility index (Phi) is 3.82. The summed E-state index contributed by atoms with van der Waals surface area (Å²) in [5, 5.41) is 7.02. The van der Waals surface area contributed by atoms with Crippen LogP contribution in [0.15, 0.2) is 27.8 Å². The average Bonchev–Trinajstić information content (AvgIpc) is 3.11. The molecule has 118 valence electrons. The minimum Gasteiger partial charge on any atom is -0.444 e. The van der Waals surface area contributed by atoms with Gasteiger partial charge in [0.15, 0.2) is 0 Å². The van der Waals surface area contributed by atoms with Gasteiger partial charge in [0, 0.05) is 11.8 Å². The van der Waals surface area contributed by atoms with E-state index in [9.17, 15) is 9.18 Å². The van der Waals surface area contributed by atoms with Crippen molar-refractivity contribution >= 4 is 11.8 Å². The van der Waals surface area contributed by atoms with Crippen LogP contribution in [0.2, 0.25) is 0 Å². The SMILES string of the molecule is Cc1nc(-c2ccc(N3C[C@H](CN=[N+]=[N-])OC3=O)cc2F)no1. The molecule has 10 heteroatoms. The van der Waals surface area contributed by atoms with Crippen molar-refractivity contribution in [2.75, 3.05) is 18.0 Å². The molecule has 2 heterocycles. The van der Waals surface area contributed by atoms with Crippen molar-refractivity contribution in [2.45, 2.75) is 13.0 Å². The lowest BCUT2D eigenvalue weighted by Gasteiger charge is -2.13. The van der Waals surface area contributed by atoms with E-state index in [1.807, 2.05) is 0 Å². The van der Waals surface area contributed by atoms with Gasteiger partial charge in [-0.15, -0.1) is 0 Å². The van der Waals surface area contributed by atoms with Gasteiger partial charge >= 0.3 is 6.09 Å². The number of aromatic nitrogens is 2. The Morgan fingerprint density at radius 2 is 2.39 bits per heavy atom. The lowest BCUT2D eigenvalue weighted by Crippen LogP contribution is -2.25. The van der Waals surface area contributed by atoms with Gasteiger partial charge in [-0.1, -0.05) is 10.3 Å². The van der Waals surface area contributed by atoms with Gasteiger partial charge in [-0.05, 0) is 23.7 Å². The Bertz CT molecular complexity index is 801. The molecule has 1 saturated heterocycles. The van der Waals surface area contributed by atoms with Crippen molar-refractivity contribution in [3.05, 3.63) is 40.3 Å². The highest BCUT2D eigenvalue weighted by atomic mass is 19.1. The number of anilines is 1. The second kappa shape index (κ2) is 5.93. The number of rotatable bonds is 4. The van der Waals surface area contributed by atoms with Crippen LogP contribution in [0.1, 0.15) is 5.89 Å². The molecule has 0 bridgehead atoms. The summed E-state index contributed by atoms with van der Waals surface area (Å²) >= 11 is 0. The Hall–Kier alpha value is -3.13. The number of carbonyl (C=O) groups is 1. The Morgan fingerprint density at radius 1 is 1.57 bits per heavy atom. The van der Waals surface area contributed by atoms with E-state index >= 15 is 0 Å². The van der Waals surface area contributed by atoms with Crippen molar-refractivity contribution in [2.24, 2.45) is 5.11 Å². The lowest BCUT2D eigenvalue weighted by molar-refractivity contribution is 0.145. The predicted octanol–water partition coefficient (Wildman–Crippen LogP) is 2.82. The van der Waals surface area contributed by atoms with Gasteiger partial charge in [-0.25, -0.2) is 9.18 Å². The summed E-state index contributed by atoms with van der Waals surface area (Å²) in [5.41, 5.74) is 8.79. The molecule has 3 rings (SSSR count). The number of carbonyl (C=O) groups excluding carboxylic acids is 1. The zero-order chi connectivity index (χ0) is 16.4. The molecule has 1 aromatic carbocycles. The maximum absolute atomic E-state index is 14.3. The monoisotopic (exact) mass is 318 g/mol. The number of benzene rings is 1. The molecule has 0 spiro atoms. The Balaban J connectivity index is 1.83. The molecule has 1 fully saturated rings. The van der Waals surface area contributed by atoms with Crippen LogP contribution in [-0.2, 0) is 4.74 Å². The minimum atomic E-state index is -0.620. The van der Waals surface area contributed by atoms with E-state index in [1.165, 1.54) is 17.0 Å². The molecule has 1 aromatic heterocycles. The van der Waals surface area contributed by atoms with Gasteiger partial charge in [0.2, 0.25) is 11.7 Å². The molecule has 0 N–H and O–H groups in total. The number of azide groups is 1. The van der Waals surface area contributed by atoms with Crippen LogP contribution in [-0.4, -0.2) is 35.4 Å². The number of ether oxygens (including phenoxy) is 1. The second-order valence-corrected chi connectivity index (χ2v) is 4.83. The third-order valence-electron chi connectivity index (χ3n) is 3.26. The highest BCUT2D eigenvalue weighted by Crippen LogP contribution is 2.27. The molecular formula is C13H11FN6O3. The average molecular weight is 318 g/mol. The fourth-order valence-electron chi connectivity index (χ4n) is 2.22. The van der Waals surface area contributed by atoms with E-state index in [0.29, 0.717) is 11.6 Å². The van der Waals surface area contributed by atoms with E-state index in [1.54, 1.807) is 13.0 Å². The van der Waals surface area contributed by atoms with Gasteiger partial charge in [0.25, 0.3) is 0 Å². The highest BCUT2D eigenvalue weighted by molar-refractivity contribution is 5.90. The molecular weight excluding hydrogens is 307 g/mol. The summed E-state index contributed by atoms with van der Waals surface area (Å²) in [7, 11) is 0. The van der Waals surface area contributed by atoms with Crippen LogP contribution in [0.3, 0.4) is 0 Å².